The molecular formula is C21H14F2N4OS. The van der Waals surface area contributed by atoms with Gasteiger partial charge in [-0.05, 0) is 60.7 Å². The number of thioether (sulfide) groups is 1. The van der Waals surface area contributed by atoms with Crippen LogP contribution in [0.3, 0.4) is 0 Å². The van der Waals surface area contributed by atoms with Gasteiger partial charge < -0.3 is 0 Å². The van der Waals surface area contributed by atoms with Gasteiger partial charge in [0.2, 0.25) is 0 Å². The number of ketones is 1. The van der Waals surface area contributed by atoms with Gasteiger partial charge in [-0.3, -0.25) is 14.3 Å². The standard InChI is InChI=1S/C21H14F2N4OS/c22-16-3-1-14(2-4-16)19(28)13-29-21-26-25-20(15-9-11-24-12-10-15)27(21)18-7-5-17(23)6-8-18/h1-12H,13H2. The van der Waals surface area contributed by atoms with Gasteiger partial charge in [0.05, 0.1) is 5.75 Å². The van der Waals surface area contributed by atoms with E-state index < -0.39 is 5.82 Å². The van der Waals surface area contributed by atoms with Crippen LogP contribution in [0.2, 0.25) is 0 Å². The lowest BCUT2D eigenvalue weighted by molar-refractivity contribution is 0.102. The van der Waals surface area contributed by atoms with Crippen molar-refractivity contribution in [1.82, 2.24) is 19.7 Å². The maximum atomic E-state index is 13.4. The van der Waals surface area contributed by atoms with Crippen LogP contribution >= 0.6 is 11.8 Å². The summed E-state index contributed by atoms with van der Waals surface area (Å²) in [5.74, 6) is -0.258. The molecule has 0 radical (unpaired) electrons. The number of aromatic nitrogens is 4. The predicted octanol–water partition coefficient (Wildman–Crippen LogP) is 4.58. The Balaban J connectivity index is 1.66. The molecule has 29 heavy (non-hydrogen) atoms. The summed E-state index contributed by atoms with van der Waals surface area (Å²) in [6.45, 7) is 0. The first-order chi connectivity index (χ1) is 14.1. The minimum Gasteiger partial charge on any atom is -0.293 e. The number of hydrogen-bond acceptors (Lipinski definition) is 5. The fourth-order valence-corrected chi connectivity index (χ4v) is 3.57. The summed E-state index contributed by atoms with van der Waals surface area (Å²) in [4.78, 5) is 16.4. The van der Waals surface area contributed by atoms with Crippen molar-refractivity contribution in [2.75, 3.05) is 5.75 Å². The zero-order valence-corrected chi connectivity index (χ0v) is 15.8. The molecule has 0 fully saturated rings. The first-order valence-corrected chi connectivity index (χ1v) is 9.64. The topological polar surface area (TPSA) is 60.7 Å². The minimum absolute atomic E-state index is 0.0985. The molecule has 5 nitrogen and oxygen atoms in total. The molecule has 2 aromatic carbocycles. The van der Waals surface area contributed by atoms with Crippen molar-refractivity contribution in [1.29, 1.82) is 0 Å². The van der Waals surface area contributed by atoms with Crippen LogP contribution in [0.25, 0.3) is 17.1 Å². The second-order valence-corrected chi connectivity index (χ2v) is 7.02. The van der Waals surface area contributed by atoms with Crippen molar-refractivity contribution in [2.24, 2.45) is 0 Å². The number of carbonyl (C=O) groups is 1. The highest BCUT2D eigenvalue weighted by Crippen LogP contribution is 2.28. The normalized spacial score (nSPS) is 10.8. The quantitative estimate of drug-likeness (QED) is 0.345. The molecule has 0 spiro atoms. The second kappa shape index (κ2) is 8.32. The van der Waals surface area contributed by atoms with E-state index in [1.165, 1.54) is 48.2 Å². The fraction of sp³-hybridized carbons (Fsp3) is 0.0476. The van der Waals surface area contributed by atoms with Crippen LogP contribution in [0.1, 0.15) is 10.4 Å². The number of Topliss-reactive ketones (excluding diaryl/α,β-unsaturated/α-hetero) is 1. The van der Waals surface area contributed by atoms with Gasteiger partial charge in [0.15, 0.2) is 16.8 Å². The Morgan fingerprint density at radius 1 is 0.862 bits per heavy atom. The Morgan fingerprint density at radius 3 is 2.14 bits per heavy atom. The molecule has 2 heterocycles. The largest absolute Gasteiger partial charge is 0.293 e. The average Bonchev–Trinajstić information content (AvgIpc) is 3.17. The summed E-state index contributed by atoms with van der Waals surface area (Å²) in [6, 6.07) is 14.9. The third-order valence-corrected chi connectivity index (χ3v) is 5.08. The third-order valence-electron chi connectivity index (χ3n) is 4.16. The Kier molecular flexibility index (Phi) is 5.44. The second-order valence-electron chi connectivity index (χ2n) is 6.07. The lowest BCUT2D eigenvalue weighted by Gasteiger charge is -2.10. The lowest BCUT2D eigenvalue weighted by Crippen LogP contribution is -2.05. The number of pyridine rings is 1. The van der Waals surface area contributed by atoms with E-state index in [1.54, 1.807) is 41.2 Å². The van der Waals surface area contributed by atoms with E-state index in [1.807, 2.05) is 0 Å². The highest BCUT2D eigenvalue weighted by molar-refractivity contribution is 7.99. The van der Waals surface area contributed by atoms with Crippen LogP contribution in [-0.4, -0.2) is 31.3 Å². The van der Waals surface area contributed by atoms with E-state index in [4.69, 9.17) is 0 Å². The van der Waals surface area contributed by atoms with Gasteiger partial charge >= 0.3 is 0 Å². The molecule has 4 rings (SSSR count). The molecular weight excluding hydrogens is 394 g/mol. The molecule has 4 aromatic rings. The minimum atomic E-state index is -0.396. The number of carbonyl (C=O) groups excluding carboxylic acids is 1. The number of nitrogens with zero attached hydrogens (tertiary/aromatic N) is 4. The van der Waals surface area contributed by atoms with E-state index in [0.717, 1.165) is 5.56 Å². The zero-order valence-electron chi connectivity index (χ0n) is 15.0. The van der Waals surface area contributed by atoms with Crippen LogP contribution in [-0.2, 0) is 0 Å². The Bertz CT molecular complexity index is 1130. The SMILES string of the molecule is O=C(CSc1nnc(-c2ccncc2)n1-c1ccc(F)cc1)c1ccc(F)cc1. The third kappa shape index (κ3) is 4.22. The van der Waals surface area contributed by atoms with Crippen molar-refractivity contribution in [3.8, 4) is 17.1 Å². The number of benzene rings is 2. The molecule has 0 bridgehead atoms. The van der Waals surface area contributed by atoms with E-state index in [2.05, 4.69) is 15.2 Å². The molecule has 0 saturated carbocycles. The van der Waals surface area contributed by atoms with Crippen molar-refractivity contribution < 1.29 is 13.6 Å². The molecule has 144 valence electrons. The van der Waals surface area contributed by atoms with Crippen molar-refractivity contribution >= 4 is 17.5 Å². The molecule has 0 aliphatic rings. The first kappa shape index (κ1) is 18.9. The highest BCUT2D eigenvalue weighted by atomic mass is 32.2. The van der Waals surface area contributed by atoms with Gasteiger partial charge in [-0.25, -0.2) is 8.78 Å². The van der Waals surface area contributed by atoms with Crippen LogP contribution in [0.15, 0.2) is 78.2 Å². The van der Waals surface area contributed by atoms with Crippen molar-refractivity contribution in [3.05, 3.63) is 90.3 Å². The zero-order chi connectivity index (χ0) is 20.2. The van der Waals surface area contributed by atoms with Crippen LogP contribution in [0.5, 0.6) is 0 Å². The Morgan fingerprint density at radius 2 is 1.48 bits per heavy atom. The maximum Gasteiger partial charge on any atom is 0.196 e. The van der Waals surface area contributed by atoms with Gasteiger partial charge in [-0.1, -0.05) is 11.8 Å². The van der Waals surface area contributed by atoms with Crippen LogP contribution in [0, 0.1) is 11.6 Å². The summed E-state index contributed by atoms with van der Waals surface area (Å²) in [6.07, 6.45) is 3.29. The Labute approximate surface area is 169 Å². The van der Waals surface area contributed by atoms with Crippen molar-refractivity contribution in [3.63, 3.8) is 0 Å². The van der Waals surface area contributed by atoms with E-state index in [-0.39, 0.29) is 17.4 Å². The van der Waals surface area contributed by atoms with Gasteiger partial charge in [0.25, 0.3) is 0 Å². The molecule has 2 aromatic heterocycles. The summed E-state index contributed by atoms with van der Waals surface area (Å²) in [7, 11) is 0. The van der Waals surface area contributed by atoms with Crippen molar-refractivity contribution in [2.45, 2.75) is 5.16 Å². The molecule has 0 amide bonds. The molecule has 0 saturated heterocycles. The molecule has 0 N–H and O–H groups in total. The molecule has 0 aliphatic heterocycles. The molecule has 0 atom stereocenters. The molecule has 0 unspecified atom stereocenters. The summed E-state index contributed by atoms with van der Waals surface area (Å²) >= 11 is 1.21. The highest BCUT2D eigenvalue weighted by Gasteiger charge is 2.18. The van der Waals surface area contributed by atoms with Crippen LogP contribution < -0.4 is 0 Å². The fourth-order valence-electron chi connectivity index (χ4n) is 2.72. The molecule has 8 heteroatoms. The number of halogens is 2. The lowest BCUT2D eigenvalue weighted by atomic mass is 10.1. The Hall–Kier alpha value is -3.39. The molecule has 0 aliphatic carbocycles. The van der Waals surface area contributed by atoms with E-state index in [9.17, 15) is 13.6 Å². The summed E-state index contributed by atoms with van der Waals surface area (Å²) < 4.78 is 28.2. The van der Waals surface area contributed by atoms with Gasteiger partial charge in [-0.15, -0.1) is 10.2 Å². The first-order valence-electron chi connectivity index (χ1n) is 8.65. The van der Waals surface area contributed by atoms with Gasteiger partial charge in [0.1, 0.15) is 11.6 Å². The monoisotopic (exact) mass is 408 g/mol. The van der Waals surface area contributed by atoms with Gasteiger partial charge in [-0.2, -0.15) is 0 Å². The average molecular weight is 408 g/mol. The van der Waals surface area contributed by atoms with Crippen LogP contribution in [0.4, 0.5) is 8.78 Å². The van der Waals surface area contributed by atoms with E-state index in [0.29, 0.717) is 22.2 Å². The van der Waals surface area contributed by atoms with Gasteiger partial charge in [0, 0.05) is 29.2 Å². The number of rotatable bonds is 6. The summed E-state index contributed by atoms with van der Waals surface area (Å²) in [5, 5.41) is 8.96. The smallest absolute Gasteiger partial charge is 0.196 e. The summed E-state index contributed by atoms with van der Waals surface area (Å²) in [5.41, 5.74) is 1.87. The van der Waals surface area contributed by atoms with E-state index >= 15 is 0 Å². The number of hydrogen-bond donors (Lipinski definition) is 0. The predicted molar refractivity (Wildman–Crippen MR) is 106 cm³/mol. The maximum absolute atomic E-state index is 13.4.